The minimum atomic E-state index is -1.50. The van der Waals surface area contributed by atoms with Gasteiger partial charge in [-0.15, -0.1) is 0 Å². The van der Waals surface area contributed by atoms with Gasteiger partial charge in [-0.2, -0.15) is 8.78 Å². The van der Waals surface area contributed by atoms with Crippen LogP contribution in [0.15, 0.2) is 23.2 Å². The quantitative estimate of drug-likeness (QED) is 0.516. The Kier molecular flexibility index (Phi) is 10.9. The molecule has 0 saturated carbocycles. The molecule has 0 aliphatic heterocycles. The molecule has 0 aliphatic carbocycles. The standard InChI is InChI=1S/C2Cl2F2.C2H2F2/c3-1(5)2(4)6;3-1-2-4/h;1-2H. The Hall–Kier alpha value is -0.220. The molecular formula is C4H2Cl2F4. The third-order valence-corrected chi connectivity index (χ3v) is 0.619. The highest BCUT2D eigenvalue weighted by Crippen LogP contribution is 2.14. The molecule has 0 fully saturated rings. The van der Waals surface area contributed by atoms with Gasteiger partial charge in [-0.3, -0.25) is 0 Å². The van der Waals surface area contributed by atoms with Crippen molar-refractivity contribution in [2.24, 2.45) is 0 Å². The SMILES string of the molecule is FC(Cl)=C(F)Cl.FC=CF. The fourth-order valence-corrected chi connectivity index (χ4v) is 0. The van der Waals surface area contributed by atoms with Crippen LogP contribution in [0.5, 0.6) is 0 Å². The largest absolute Gasteiger partial charge is 0.236 e. The van der Waals surface area contributed by atoms with Gasteiger partial charge in [0.25, 0.3) is 0 Å². The van der Waals surface area contributed by atoms with Crippen molar-refractivity contribution in [1.29, 1.82) is 0 Å². The predicted molar refractivity (Wildman–Crippen MR) is 32.3 cm³/mol. The lowest BCUT2D eigenvalue weighted by Crippen LogP contribution is -1.52. The van der Waals surface area contributed by atoms with Gasteiger partial charge in [-0.1, -0.05) is 0 Å². The van der Waals surface area contributed by atoms with Crippen molar-refractivity contribution in [3.63, 3.8) is 0 Å². The van der Waals surface area contributed by atoms with E-state index in [1.54, 1.807) is 0 Å². The van der Waals surface area contributed by atoms with Crippen LogP contribution in [0, 0.1) is 0 Å². The number of halogens is 6. The molecule has 0 saturated heterocycles. The van der Waals surface area contributed by atoms with Gasteiger partial charge in [0.05, 0.1) is 0 Å². The van der Waals surface area contributed by atoms with E-state index in [-0.39, 0.29) is 12.7 Å². The maximum atomic E-state index is 11.0. The number of hydrogen-bond donors (Lipinski definition) is 0. The van der Waals surface area contributed by atoms with Gasteiger partial charge in [0.2, 0.25) is 10.6 Å². The molecule has 0 aromatic carbocycles. The molecular weight excluding hydrogens is 195 g/mol. The molecule has 0 spiro atoms. The summed E-state index contributed by atoms with van der Waals surface area (Å²) < 4.78 is 42.3. The topological polar surface area (TPSA) is 0 Å². The van der Waals surface area contributed by atoms with E-state index in [9.17, 15) is 17.6 Å². The molecule has 10 heavy (non-hydrogen) atoms. The van der Waals surface area contributed by atoms with E-state index in [4.69, 9.17) is 0 Å². The van der Waals surface area contributed by atoms with E-state index in [2.05, 4.69) is 23.2 Å². The highest BCUT2D eigenvalue weighted by atomic mass is 35.5. The second-order valence-corrected chi connectivity index (χ2v) is 1.44. The predicted octanol–water partition coefficient (Wildman–Crippen LogP) is 3.93. The van der Waals surface area contributed by atoms with Crippen molar-refractivity contribution in [3.05, 3.63) is 23.2 Å². The summed E-state index contributed by atoms with van der Waals surface area (Å²) in [4.78, 5) is 0. The van der Waals surface area contributed by atoms with Crippen molar-refractivity contribution in [3.8, 4) is 0 Å². The molecule has 0 rings (SSSR count). The summed E-state index contributed by atoms with van der Waals surface area (Å²) in [6.45, 7) is 0. The Balaban J connectivity index is 0. The average molecular weight is 197 g/mol. The summed E-state index contributed by atoms with van der Waals surface area (Å²) in [6, 6.07) is 0. The molecule has 0 nitrogen and oxygen atoms in total. The first-order chi connectivity index (χ1) is 4.56. The molecule has 0 heterocycles. The van der Waals surface area contributed by atoms with Crippen LogP contribution < -0.4 is 0 Å². The zero-order valence-electron chi connectivity index (χ0n) is 4.42. The molecule has 0 unspecified atom stereocenters. The van der Waals surface area contributed by atoms with Gasteiger partial charge in [-0.05, 0) is 23.2 Å². The Morgan fingerprint density at radius 2 is 1.10 bits per heavy atom. The average Bonchev–Trinajstić information content (AvgIpc) is 1.89. The first kappa shape index (κ1) is 12.5. The highest BCUT2D eigenvalue weighted by Gasteiger charge is 1.93. The molecule has 0 aromatic heterocycles. The van der Waals surface area contributed by atoms with E-state index >= 15 is 0 Å². The van der Waals surface area contributed by atoms with E-state index in [1.165, 1.54) is 0 Å². The van der Waals surface area contributed by atoms with Crippen molar-refractivity contribution < 1.29 is 17.6 Å². The minimum absolute atomic E-state index is 0.167. The van der Waals surface area contributed by atoms with Crippen LogP contribution in [0.1, 0.15) is 0 Å². The Morgan fingerprint density at radius 3 is 1.10 bits per heavy atom. The lowest BCUT2D eigenvalue weighted by molar-refractivity contribution is 0.609. The maximum Gasteiger partial charge on any atom is 0.236 e. The molecule has 0 N–H and O–H groups in total. The van der Waals surface area contributed by atoms with Crippen LogP contribution in [-0.4, -0.2) is 0 Å². The van der Waals surface area contributed by atoms with Gasteiger partial charge in [0.1, 0.15) is 12.7 Å². The Morgan fingerprint density at radius 1 is 0.900 bits per heavy atom. The highest BCUT2D eigenvalue weighted by molar-refractivity contribution is 6.37. The second-order valence-electron chi connectivity index (χ2n) is 0.773. The van der Waals surface area contributed by atoms with Gasteiger partial charge in [0.15, 0.2) is 0 Å². The Bertz CT molecular complexity index is 109. The zero-order chi connectivity index (χ0) is 8.57. The second kappa shape index (κ2) is 8.78. The van der Waals surface area contributed by atoms with Crippen molar-refractivity contribution >= 4 is 23.2 Å². The molecule has 0 aliphatic rings. The van der Waals surface area contributed by atoms with Crippen LogP contribution in [0.2, 0.25) is 0 Å². The number of hydrogen-bond acceptors (Lipinski definition) is 0. The van der Waals surface area contributed by atoms with Gasteiger partial charge >= 0.3 is 0 Å². The first-order valence-corrected chi connectivity index (χ1v) is 2.53. The van der Waals surface area contributed by atoms with Crippen LogP contribution >= 0.6 is 23.2 Å². The van der Waals surface area contributed by atoms with Crippen LogP contribution in [0.3, 0.4) is 0 Å². The van der Waals surface area contributed by atoms with Crippen LogP contribution in [0.25, 0.3) is 0 Å². The van der Waals surface area contributed by atoms with E-state index < -0.39 is 10.6 Å². The summed E-state index contributed by atoms with van der Waals surface area (Å²) in [5.74, 6) is 0. The smallest absolute Gasteiger partial charge is 0.213 e. The fraction of sp³-hybridized carbons (Fsp3) is 0. The lowest BCUT2D eigenvalue weighted by atomic mass is 11.1. The molecule has 0 atom stereocenters. The van der Waals surface area contributed by atoms with Gasteiger partial charge in [-0.25, -0.2) is 8.78 Å². The zero-order valence-corrected chi connectivity index (χ0v) is 5.93. The molecule has 0 aromatic rings. The van der Waals surface area contributed by atoms with Crippen LogP contribution in [0.4, 0.5) is 17.6 Å². The van der Waals surface area contributed by atoms with Crippen molar-refractivity contribution in [2.45, 2.75) is 0 Å². The van der Waals surface area contributed by atoms with Gasteiger partial charge < -0.3 is 0 Å². The van der Waals surface area contributed by atoms with E-state index in [0.717, 1.165) is 0 Å². The lowest BCUT2D eigenvalue weighted by Gasteiger charge is -1.72. The third kappa shape index (κ3) is 15.7. The molecule has 0 radical (unpaired) electrons. The summed E-state index contributed by atoms with van der Waals surface area (Å²) in [5, 5.41) is -3.01. The van der Waals surface area contributed by atoms with Crippen LogP contribution in [-0.2, 0) is 0 Å². The maximum absolute atomic E-state index is 11.0. The van der Waals surface area contributed by atoms with E-state index in [1.807, 2.05) is 0 Å². The molecule has 60 valence electrons. The third-order valence-electron chi connectivity index (χ3n) is 0.190. The van der Waals surface area contributed by atoms with Gasteiger partial charge in [0, 0.05) is 0 Å². The molecule has 0 bridgehead atoms. The molecule has 0 amide bonds. The Labute approximate surface area is 64.7 Å². The monoisotopic (exact) mass is 196 g/mol. The summed E-state index contributed by atoms with van der Waals surface area (Å²) in [5.41, 5.74) is 0. The number of rotatable bonds is 0. The fourth-order valence-electron chi connectivity index (χ4n) is 0. The van der Waals surface area contributed by atoms with Crippen molar-refractivity contribution in [1.82, 2.24) is 0 Å². The summed E-state index contributed by atoms with van der Waals surface area (Å²) in [7, 11) is 0. The molecule has 6 heteroatoms. The first-order valence-electron chi connectivity index (χ1n) is 1.78. The minimum Gasteiger partial charge on any atom is -0.213 e. The normalized spacial score (nSPS) is 12.2. The van der Waals surface area contributed by atoms with Crippen molar-refractivity contribution in [2.75, 3.05) is 0 Å². The summed E-state index contributed by atoms with van der Waals surface area (Å²) in [6.07, 6.45) is -0.333. The summed E-state index contributed by atoms with van der Waals surface area (Å²) >= 11 is 8.64. The van der Waals surface area contributed by atoms with E-state index in [0.29, 0.717) is 0 Å².